The number of ether oxygens (including phenoxy) is 2. The molecule has 1 aliphatic rings. The van der Waals surface area contributed by atoms with Crippen LogP contribution in [0.5, 0.6) is 11.5 Å². The van der Waals surface area contributed by atoms with Gasteiger partial charge in [-0.15, -0.1) is 0 Å². The number of anilines is 2. The smallest absolute Gasteiger partial charge is 0.221 e. The summed E-state index contributed by atoms with van der Waals surface area (Å²) >= 11 is 0. The number of nitrogens with two attached hydrogens (primary N) is 2. The number of allylic oxidation sites excluding steroid dienone is 1. The lowest BCUT2D eigenvalue weighted by atomic mass is 9.93. The van der Waals surface area contributed by atoms with E-state index >= 15 is 0 Å². The molecule has 0 saturated carbocycles. The van der Waals surface area contributed by atoms with Crippen molar-refractivity contribution >= 4 is 23.8 Å². The van der Waals surface area contributed by atoms with Gasteiger partial charge < -0.3 is 20.9 Å². The maximum absolute atomic E-state index is 13.7. The maximum Gasteiger partial charge on any atom is 0.221 e. The summed E-state index contributed by atoms with van der Waals surface area (Å²) in [5.74, 6) is 0.361. The fraction of sp³-hybridized carbons (Fsp3) is 0.133. The van der Waals surface area contributed by atoms with Crippen LogP contribution in [0.3, 0.4) is 0 Å². The number of fused-ring (bicyclic) bond motifs is 1. The highest BCUT2D eigenvalue weighted by Crippen LogP contribution is 2.36. The number of carbonyl (C=O) groups excluding carboxylic acids is 1. The lowest BCUT2D eigenvalue weighted by Gasteiger charge is -2.31. The molecule has 0 amide bonds. The molecule has 2 heterocycles. The zero-order chi connectivity index (χ0) is 28.2. The highest BCUT2D eigenvalue weighted by Gasteiger charge is 2.26. The number of hydrogen-bond donors (Lipinski definition) is 2. The van der Waals surface area contributed by atoms with Gasteiger partial charge in [-0.1, -0.05) is 36.4 Å². The third-order valence-corrected chi connectivity index (χ3v) is 6.57. The molecule has 4 N–H and O–H groups in total. The normalized spacial score (nSPS) is 14.3. The van der Waals surface area contributed by atoms with Gasteiger partial charge in [-0.05, 0) is 41.0 Å². The Labute approximate surface area is 230 Å². The summed E-state index contributed by atoms with van der Waals surface area (Å²) in [4.78, 5) is 21.6. The highest BCUT2D eigenvalue weighted by atomic mass is 19.1. The van der Waals surface area contributed by atoms with Crippen molar-refractivity contribution in [1.29, 1.82) is 0 Å². The number of benzene rings is 3. The van der Waals surface area contributed by atoms with Crippen molar-refractivity contribution < 1.29 is 18.7 Å². The van der Waals surface area contributed by atoms with E-state index in [9.17, 15) is 9.18 Å². The van der Waals surface area contributed by atoms with Crippen LogP contribution in [0.25, 0.3) is 0 Å². The third-order valence-electron chi connectivity index (χ3n) is 6.57. The molecule has 40 heavy (non-hydrogen) atoms. The number of ketones is 1. The van der Waals surface area contributed by atoms with Crippen LogP contribution in [-0.4, -0.2) is 41.2 Å². The molecule has 1 aliphatic heterocycles. The van der Waals surface area contributed by atoms with Crippen LogP contribution < -0.4 is 20.9 Å². The molecule has 0 radical (unpaired) electrons. The van der Waals surface area contributed by atoms with Crippen LogP contribution in [0.15, 0.2) is 84.2 Å². The molecule has 10 heteroatoms. The van der Waals surface area contributed by atoms with Crippen molar-refractivity contribution in [2.24, 2.45) is 5.10 Å². The van der Waals surface area contributed by atoms with Gasteiger partial charge in [0.05, 0.1) is 26.0 Å². The van der Waals surface area contributed by atoms with Crippen molar-refractivity contribution in [3.8, 4) is 11.5 Å². The standard InChI is InChI=1S/C30H27FN6O3/c1-39-26-15-18(13-21-16-34-30(33)36-29(21)32)14-24(28(26)40-2)25(38)11-12-37-27(19-7-9-22(31)10-8-19)23-6-4-3-5-20(23)17-35-37/h3-12,14-17,27H,13H2,1-2H3,(H4,32,33,34,36). The molecule has 0 saturated heterocycles. The van der Waals surface area contributed by atoms with E-state index in [0.717, 1.165) is 22.3 Å². The van der Waals surface area contributed by atoms with E-state index in [0.29, 0.717) is 29.0 Å². The van der Waals surface area contributed by atoms with Crippen LogP contribution in [0.1, 0.15) is 44.2 Å². The molecule has 0 bridgehead atoms. The van der Waals surface area contributed by atoms with Crippen molar-refractivity contribution in [1.82, 2.24) is 15.0 Å². The highest BCUT2D eigenvalue weighted by molar-refractivity contribution is 6.07. The van der Waals surface area contributed by atoms with Crippen LogP contribution >= 0.6 is 0 Å². The van der Waals surface area contributed by atoms with Gasteiger partial charge in [0.25, 0.3) is 0 Å². The van der Waals surface area contributed by atoms with E-state index in [4.69, 9.17) is 20.9 Å². The fourth-order valence-electron chi connectivity index (χ4n) is 4.65. The number of nitrogen functional groups attached to an aromatic ring is 2. The average molecular weight is 539 g/mol. The second kappa shape index (κ2) is 11.2. The monoisotopic (exact) mass is 538 g/mol. The molecule has 5 rings (SSSR count). The van der Waals surface area contributed by atoms with Crippen molar-refractivity contribution in [2.75, 3.05) is 25.7 Å². The van der Waals surface area contributed by atoms with E-state index < -0.39 is 0 Å². The SMILES string of the molecule is COc1cc(Cc2cnc(N)nc2N)cc(C(=O)C=CN2N=Cc3ccccc3C2c2ccc(F)cc2)c1OC. The molecule has 1 unspecified atom stereocenters. The minimum absolute atomic E-state index is 0.0801. The molecule has 4 aromatic rings. The summed E-state index contributed by atoms with van der Waals surface area (Å²) in [7, 11) is 2.97. The van der Waals surface area contributed by atoms with Crippen molar-refractivity contribution in [3.05, 3.63) is 118 Å². The Hall–Kier alpha value is -5.25. The fourth-order valence-corrected chi connectivity index (χ4v) is 4.65. The summed E-state index contributed by atoms with van der Waals surface area (Å²) in [5, 5.41) is 6.24. The van der Waals surface area contributed by atoms with E-state index in [1.807, 2.05) is 24.3 Å². The molecule has 0 aliphatic carbocycles. The van der Waals surface area contributed by atoms with Crippen LogP contribution in [0, 0.1) is 5.82 Å². The second-order valence-electron chi connectivity index (χ2n) is 9.08. The van der Waals surface area contributed by atoms with Gasteiger partial charge in [-0.2, -0.15) is 10.1 Å². The maximum atomic E-state index is 13.7. The van der Waals surface area contributed by atoms with Gasteiger partial charge in [0.2, 0.25) is 5.95 Å². The predicted molar refractivity (Wildman–Crippen MR) is 151 cm³/mol. The summed E-state index contributed by atoms with van der Waals surface area (Å²) in [6, 6.07) is 17.2. The Morgan fingerprint density at radius 2 is 1.85 bits per heavy atom. The first-order valence-corrected chi connectivity index (χ1v) is 12.4. The van der Waals surface area contributed by atoms with Gasteiger partial charge in [-0.3, -0.25) is 9.80 Å². The Kier molecular flexibility index (Phi) is 7.41. The number of halogens is 1. The molecular weight excluding hydrogens is 511 g/mol. The van der Waals surface area contributed by atoms with E-state index in [1.54, 1.807) is 47.9 Å². The molecule has 0 spiro atoms. The van der Waals surface area contributed by atoms with Gasteiger partial charge in [0.15, 0.2) is 17.3 Å². The predicted octanol–water partition coefficient (Wildman–Crippen LogP) is 4.52. The second-order valence-corrected chi connectivity index (χ2v) is 9.08. The third kappa shape index (κ3) is 5.32. The summed E-state index contributed by atoms with van der Waals surface area (Å²) < 4.78 is 24.8. The Bertz CT molecular complexity index is 1620. The van der Waals surface area contributed by atoms with E-state index in [1.165, 1.54) is 32.4 Å². The topological polar surface area (TPSA) is 129 Å². The van der Waals surface area contributed by atoms with Crippen LogP contribution in [0.2, 0.25) is 0 Å². The quantitative estimate of drug-likeness (QED) is 0.247. The van der Waals surface area contributed by atoms with Gasteiger partial charge >= 0.3 is 0 Å². The first-order valence-electron chi connectivity index (χ1n) is 12.4. The summed E-state index contributed by atoms with van der Waals surface area (Å²) in [6.45, 7) is 0. The summed E-state index contributed by atoms with van der Waals surface area (Å²) in [5.41, 5.74) is 16.1. The van der Waals surface area contributed by atoms with Gasteiger partial charge in [-0.25, -0.2) is 9.37 Å². The Morgan fingerprint density at radius 3 is 2.58 bits per heavy atom. The lowest BCUT2D eigenvalue weighted by molar-refractivity contribution is 0.104. The van der Waals surface area contributed by atoms with Crippen molar-refractivity contribution in [3.63, 3.8) is 0 Å². The first kappa shape index (κ1) is 26.4. The molecule has 1 aromatic heterocycles. The number of carbonyl (C=O) groups is 1. The number of methoxy groups -OCH3 is 2. The van der Waals surface area contributed by atoms with Crippen LogP contribution in [0.4, 0.5) is 16.2 Å². The molecule has 0 fully saturated rings. The number of aromatic nitrogens is 2. The van der Waals surface area contributed by atoms with Crippen LogP contribution in [-0.2, 0) is 6.42 Å². The van der Waals surface area contributed by atoms with Gasteiger partial charge in [0, 0.05) is 36.0 Å². The minimum atomic E-state index is -0.359. The molecular formula is C30H27FN6O3. The number of rotatable bonds is 8. The number of hydrogen-bond acceptors (Lipinski definition) is 9. The molecule has 202 valence electrons. The van der Waals surface area contributed by atoms with Crippen molar-refractivity contribution in [2.45, 2.75) is 12.5 Å². The van der Waals surface area contributed by atoms with Gasteiger partial charge in [0.1, 0.15) is 17.7 Å². The first-order chi connectivity index (χ1) is 19.4. The molecule has 1 atom stereocenters. The molecule has 9 nitrogen and oxygen atoms in total. The number of nitrogens with zero attached hydrogens (tertiary/aromatic N) is 4. The minimum Gasteiger partial charge on any atom is -0.493 e. The van der Waals surface area contributed by atoms with E-state index in [-0.39, 0.29) is 29.4 Å². The average Bonchev–Trinajstić information content (AvgIpc) is 2.97. The molecule has 3 aromatic carbocycles. The largest absolute Gasteiger partial charge is 0.493 e. The Balaban J connectivity index is 1.49. The lowest BCUT2D eigenvalue weighted by Crippen LogP contribution is -2.25. The zero-order valence-electron chi connectivity index (χ0n) is 21.9. The zero-order valence-corrected chi connectivity index (χ0v) is 21.9. The Morgan fingerprint density at radius 1 is 1.07 bits per heavy atom. The number of hydrazone groups is 1. The summed E-state index contributed by atoms with van der Waals surface area (Å²) in [6.07, 6.45) is 6.65. The van der Waals surface area contributed by atoms with E-state index in [2.05, 4.69) is 15.1 Å².